The molecule has 1 fully saturated rings. The third kappa shape index (κ3) is 3.44. The van der Waals surface area contributed by atoms with Crippen molar-refractivity contribution in [1.29, 1.82) is 0 Å². The van der Waals surface area contributed by atoms with Crippen molar-refractivity contribution in [3.63, 3.8) is 0 Å². The molecule has 2 aromatic rings. The second-order valence-corrected chi connectivity index (χ2v) is 6.44. The zero-order valence-corrected chi connectivity index (χ0v) is 14.0. The van der Waals surface area contributed by atoms with Crippen molar-refractivity contribution >= 4 is 23.2 Å². The number of nitrogens with one attached hydrogen (secondary N) is 1. The van der Waals surface area contributed by atoms with Crippen molar-refractivity contribution in [1.82, 2.24) is 15.2 Å². The van der Waals surface area contributed by atoms with E-state index in [2.05, 4.69) is 34.3 Å². The van der Waals surface area contributed by atoms with E-state index < -0.39 is 0 Å². The van der Waals surface area contributed by atoms with Crippen molar-refractivity contribution in [2.45, 2.75) is 13.0 Å². The Hall–Kier alpha value is -1.13. The molecule has 1 aromatic heterocycles. The average molecular weight is 336 g/mol. The number of halogens is 2. The molecule has 1 aromatic carbocycles. The van der Waals surface area contributed by atoms with E-state index in [-0.39, 0.29) is 6.04 Å². The molecule has 1 aliphatic heterocycles. The number of piperazine rings is 1. The zero-order valence-electron chi connectivity index (χ0n) is 12.5. The summed E-state index contributed by atoms with van der Waals surface area (Å²) < 4.78 is 0. The molecule has 1 N–H and O–H groups in total. The van der Waals surface area contributed by atoms with E-state index in [1.54, 1.807) is 0 Å². The van der Waals surface area contributed by atoms with Gasteiger partial charge in [-0.3, -0.25) is 9.88 Å². The highest BCUT2D eigenvalue weighted by molar-refractivity contribution is 6.42. The summed E-state index contributed by atoms with van der Waals surface area (Å²) in [6.07, 6.45) is 1.92. The third-order valence-corrected chi connectivity index (χ3v) is 4.73. The Labute approximate surface area is 141 Å². The van der Waals surface area contributed by atoms with Gasteiger partial charge in [0.25, 0.3) is 0 Å². The molecule has 1 unspecified atom stereocenters. The Bertz CT molecular complexity index is 637. The minimum atomic E-state index is 0.109. The van der Waals surface area contributed by atoms with E-state index in [9.17, 15) is 0 Å². The molecule has 1 atom stereocenters. The maximum atomic E-state index is 6.23. The van der Waals surface area contributed by atoms with E-state index in [0.717, 1.165) is 43.0 Å². The highest BCUT2D eigenvalue weighted by Crippen LogP contribution is 2.32. The summed E-state index contributed by atoms with van der Waals surface area (Å²) in [7, 11) is 0. The van der Waals surface area contributed by atoms with Crippen LogP contribution < -0.4 is 5.32 Å². The minimum Gasteiger partial charge on any atom is -0.314 e. The number of hydrogen-bond donors (Lipinski definition) is 1. The van der Waals surface area contributed by atoms with Gasteiger partial charge in [0.1, 0.15) is 0 Å². The smallest absolute Gasteiger partial charge is 0.0777 e. The van der Waals surface area contributed by atoms with Gasteiger partial charge in [-0.15, -0.1) is 0 Å². The Morgan fingerprint density at radius 2 is 1.86 bits per heavy atom. The Balaban J connectivity index is 2.01. The second-order valence-electron chi connectivity index (χ2n) is 5.62. The van der Waals surface area contributed by atoms with Crippen LogP contribution in [0.2, 0.25) is 10.0 Å². The van der Waals surface area contributed by atoms with Crippen LogP contribution in [0.25, 0.3) is 0 Å². The molecule has 2 heterocycles. The molecule has 0 spiro atoms. The number of rotatable bonds is 3. The van der Waals surface area contributed by atoms with Gasteiger partial charge in [-0.05, 0) is 36.2 Å². The van der Waals surface area contributed by atoms with Crippen molar-refractivity contribution in [3.05, 3.63) is 63.4 Å². The van der Waals surface area contributed by atoms with Gasteiger partial charge in [0.05, 0.1) is 21.8 Å². The number of pyridine rings is 1. The van der Waals surface area contributed by atoms with Crippen molar-refractivity contribution in [2.24, 2.45) is 0 Å². The third-order valence-electron chi connectivity index (χ3n) is 3.99. The first kappa shape index (κ1) is 15.8. The highest BCUT2D eigenvalue weighted by atomic mass is 35.5. The fourth-order valence-electron chi connectivity index (χ4n) is 2.83. The van der Waals surface area contributed by atoms with Crippen molar-refractivity contribution in [2.75, 3.05) is 26.2 Å². The molecule has 3 nitrogen and oxygen atoms in total. The maximum absolute atomic E-state index is 6.23. The van der Waals surface area contributed by atoms with Gasteiger partial charge in [0, 0.05) is 32.4 Å². The normalized spacial score (nSPS) is 17.4. The first-order valence-electron chi connectivity index (χ1n) is 7.47. The molecule has 0 amide bonds. The lowest BCUT2D eigenvalue weighted by atomic mass is 10.00. The molecule has 0 radical (unpaired) electrons. The molecule has 0 aliphatic carbocycles. The highest BCUT2D eigenvalue weighted by Gasteiger charge is 2.25. The van der Waals surface area contributed by atoms with Crippen molar-refractivity contribution in [3.8, 4) is 0 Å². The summed E-state index contributed by atoms with van der Waals surface area (Å²) >= 11 is 12.3. The molecule has 1 aliphatic rings. The Kier molecular flexibility index (Phi) is 4.99. The summed E-state index contributed by atoms with van der Waals surface area (Å²) in [5.41, 5.74) is 3.34. The molecule has 0 saturated carbocycles. The summed E-state index contributed by atoms with van der Waals surface area (Å²) in [6.45, 7) is 6.00. The van der Waals surface area contributed by atoms with Gasteiger partial charge >= 0.3 is 0 Å². The van der Waals surface area contributed by atoms with E-state index in [4.69, 9.17) is 23.2 Å². The van der Waals surface area contributed by atoms with Gasteiger partial charge in [-0.1, -0.05) is 35.3 Å². The lowest BCUT2D eigenvalue weighted by molar-refractivity contribution is 0.195. The molecular formula is C17H19Cl2N3. The van der Waals surface area contributed by atoms with Gasteiger partial charge in [-0.2, -0.15) is 0 Å². The molecule has 1 saturated heterocycles. The van der Waals surface area contributed by atoms with Crippen molar-refractivity contribution < 1.29 is 0 Å². The predicted molar refractivity (Wildman–Crippen MR) is 91.7 cm³/mol. The van der Waals surface area contributed by atoms with Crippen LogP contribution in [0.4, 0.5) is 0 Å². The van der Waals surface area contributed by atoms with E-state index in [1.807, 2.05) is 24.4 Å². The number of nitrogens with zero attached hydrogens (tertiary/aromatic N) is 2. The predicted octanol–water partition coefficient (Wildman–Crippen LogP) is 3.69. The van der Waals surface area contributed by atoms with Crippen LogP contribution in [-0.2, 0) is 0 Å². The Morgan fingerprint density at radius 1 is 1.09 bits per heavy atom. The summed E-state index contributed by atoms with van der Waals surface area (Å²) in [5, 5.41) is 4.57. The van der Waals surface area contributed by atoms with E-state index in [0.29, 0.717) is 10.0 Å². The molecule has 116 valence electrons. The average Bonchev–Trinajstić information content (AvgIpc) is 2.54. The second kappa shape index (κ2) is 6.97. The molecule has 5 heteroatoms. The van der Waals surface area contributed by atoms with Gasteiger partial charge in [0.15, 0.2) is 0 Å². The SMILES string of the molecule is Cc1ccc(C(c2ccc(Cl)c(Cl)c2)N2CCNCC2)nc1. The number of benzene rings is 1. The largest absolute Gasteiger partial charge is 0.314 e. The van der Waals surface area contributed by atoms with Crippen LogP contribution >= 0.6 is 23.2 Å². The van der Waals surface area contributed by atoms with Gasteiger partial charge in [0.2, 0.25) is 0 Å². The summed E-state index contributed by atoms with van der Waals surface area (Å²) in [5.74, 6) is 0. The van der Waals surface area contributed by atoms with E-state index in [1.165, 1.54) is 0 Å². The van der Waals surface area contributed by atoms with Crippen LogP contribution in [0.5, 0.6) is 0 Å². The van der Waals surface area contributed by atoms with Gasteiger partial charge < -0.3 is 5.32 Å². The topological polar surface area (TPSA) is 28.2 Å². The number of aryl methyl sites for hydroxylation is 1. The standard InChI is InChI=1S/C17H19Cl2N3/c1-12-2-5-16(21-11-12)17(22-8-6-20-7-9-22)13-3-4-14(18)15(19)10-13/h2-5,10-11,17,20H,6-9H2,1H3. The van der Waals surface area contributed by atoms with E-state index >= 15 is 0 Å². The molecule has 22 heavy (non-hydrogen) atoms. The quantitative estimate of drug-likeness (QED) is 0.927. The monoisotopic (exact) mass is 335 g/mol. The zero-order chi connectivity index (χ0) is 15.5. The van der Waals surface area contributed by atoms with Crippen LogP contribution in [0.1, 0.15) is 22.9 Å². The van der Waals surface area contributed by atoms with Crippen LogP contribution in [0, 0.1) is 6.92 Å². The van der Waals surface area contributed by atoms with Crippen LogP contribution in [0.3, 0.4) is 0 Å². The molecular weight excluding hydrogens is 317 g/mol. The summed E-state index contributed by atoms with van der Waals surface area (Å²) in [6, 6.07) is 10.2. The Morgan fingerprint density at radius 3 is 2.50 bits per heavy atom. The van der Waals surface area contributed by atoms with Crippen LogP contribution in [0.15, 0.2) is 36.5 Å². The first-order valence-corrected chi connectivity index (χ1v) is 8.23. The fraction of sp³-hybridized carbons (Fsp3) is 0.353. The molecule has 0 bridgehead atoms. The minimum absolute atomic E-state index is 0.109. The summed E-state index contributed by atoms with van der Waals surface area (Å²) in [4.78, 5) is 7.08. The molecule has 3 rings (SSSR count). The van der Waals surface area contributed by atoms with Gasteiger partial charge in [-0.25, -0.2) is 0 Å². The lowest BCUT2D eigenvalue weighted by Crippen LogP contribution is -2.45. The fourth-order valence-corrected chi connectivity index (χ4v) is 3.14. The number of hydrogen-bond acceptors (Lipinski definition) is 3. The lowest BCUT2D eigenvalue weighted by Gasteiger charge is -2.35. The van der Waals surface area contributed by atoms with Crippen LogP contribution in [-0.4, -0.2) is 36.1 Å². The maximum Gasteiger partial charge on any atom is 0.0777 e. The first-order chi connectivity index (χ1) is 10.6. The number of aromatic nitrogens is 1.